The fourth-order valence-electron chi connectivity index (χ4n) is 2.89. The molecule has 0 spiro atoms. The topological polar surface area (TPSA) is 92.6 Å². The highest BCUT2D eigenvalue weighted by molar-refractivity contribution is 7.99. The molecule has 0 aliphatic carbocycles. The molecule has 0 aliphatic rings. The van der Waals surface area contributed by atoms with E-state index < -0.39 is 11.0 Å². The maximum absolute atomic E-state index is 13.1. The van der Waals surface area contributed by atoms with Crippen molar-refractivity contribution >= 4 is 52.5 Å². The van der Waals surface area contributed by atoms with Crippen LogP contribution in [0.25, 0.3) is 0 Å². The van der Waals surface area contributed by atoms with Gasteiger partial charge in [-0.25, -0.2) is 0 Å². The number of nitro groups is 1. The Labute approximate surface area is 201 Å². The number of rotatable bonds is 11. The van der Waals surface area contributed by atoms with E-state index in [1.165, 1.54) is 28.8 Å². The van der Waals surface area contributed by atoms with Gasteiger partial charge in [0.2, 0.25) is 11.8 Å². The molecule has 172 valence electrons. The molecule has 7 nitrogen and oxygen atoms in total. The Kier molecular flexibility index (Phi) is 10.3. The number of hydrogen-bond donors (Lipinski definition) is 1. The molecule has 0 aliphatic heterocycles. The first-order valence-electron chi connectivity index (χ1n) is 10.1. The highest BCUT2D eigenvalue weighted by Crippen LogP contribution is 2.27. The molecule has 0 heterocycles. The van der Waals surface area contributed by atoms with Gasteiger partial charge in [-0.1, -0.05) is 48.3 Å². The van der Waals surface area contributed by atoms with Crippen molar-refractivity contribution in [1.82, 2.24) is 10.2 Å². The van der Waals surface area contributed by atoms with Crippen LogP contribution in [0.2, 0.25) is 10.0 Å². The zero-order chi connectivity index (χ0) is 23.7. The first kappa shape index (κ1) is 26.0. The summed E-state index contributed by atoms with van der Waals surface area (Å²) in [7, 11) is 0. The molecule has 32 heavy (non-hydrogen) atoms. The van der Waals surface area contributed by atoms with Crippen molar-refractivity contribution in [3.8, 4) is 0 Å². The number of halogens is 2. The molecule has 2 aromatic carbocycles. The number of carbonyl (C=O) groups excluding carboxylic acids is 2. The number of non-ortho nitro benzene ring substituents is 1. The van der Waals surface area contributed by atoms with Crippen molar-refractivity contribution in [2.75, 3.05) is 12.3 Å². The van der Waals surface area contributed by atoms with E-state index in [2.05, 4.69) is 5.32 Å². The number of carbonyl (C=O) groups is 2. The lowest BCUT2D eigenvalue weighted by Crippen LogP contribution is -2.48. The monoisotopic (exact) mass is 497 g/mol. The lowest BCUT2D eigenvalue weighted by Gasteiger charge is -2.29. The highest BCUT2D eigenvalue weighted by Gasteiger charge is 2.27. The standard InChI is InChI=1S/C22H25Cl2N3O4S/c1-3-11-25-22(29)15(2)26(12-18-19(23)5-4-6-20(18)24)21(28)14-32-13-16-7-9-17(10-8-16)27(30)31/h4-10,15H,3,11-14H2,1-2H3,(H,25,29). The van der Waals surface area contributed by atoms with Crippen LogP contribution >= 0.6 is 35.0 Å². The van der Waals surface area contributed by atoms with Crippen molar-refractivity contribution in [3.05, 3.63) is 73.8 Å². The molecular formula is C22H25Cl2N3O4S. The molecule has 1 N–H and O–H groups in total. The summed E-state index contributed by atoms with van der Waals surface area (Å²) in [4.78, 5) is 37.4. The number of nitro benzene ring substituents is 1. The second kappa shape index (κ2) is 12.7. The van der Waals surface area contributed by atoms with Crippen LogP contribution in [0.3, 0.4) is 0 Å². The minimum atomic E-state index is -0.707. The van der Waals surface area contributed by atoms with Gasteiger partial charge in [0.05, 0.1) is 10.7 Å². The van der Waals surface area contributed by atoms with E-state index in [9.17, 15) is 19.7 Å². The van der Waals surface area contributed by atoms with Gasteiger partial charge in [-0.05, 0) is 31.0 Å². The lowest BCUT2D eigenvalue weighted by atomic mass is 10.1. The predicted octanol–water partition coefficient (Wildman–Crippen LogP) is 5.08. The fraction of sp³-hybridized carbons (Fsp3) is 0.364. The van der Waals surface area contributed by atoms with E-state index in [-0.39, 0.29) is 29.8 Å². The first-order valence-corrected chi connectivity index (χ1v) is 12.0. The van der Waals surface area contributed by atoms with Crippen LogP contribution in [-0.2, 0) is 21.9 Å². The van der Waals surface area contributed by atoms with E-state index in [1.54, 1.807) is 37.3 Å². The van der Waals surface area contributed by atoms with Crippen LogP contribution in [-0.4, -0.2) is 40.0 Å². The van der Waals surface area contributed by atoms with E-state index in [4.69, 9.17) is 23.2 Å². The van der Waals surface area contributed by atoms with Crippen LogP contribution in [0.4, 0.5) is 5.69 Å². The van der Waals surface area contributed by atoms with Gasteiger partial charge in [0.25, 0.3) is 5.69 Å². The number of amides is 2. The number of hydrogen-bond acceptors (Lipinski definition) is 5. The summed E-state index contributed by atoms with van der Waals surface area (Å²) in [5.74, 6) is 0.154. The van der Waals surface area contributed by atoms with E-state index >= 15 is 0 Å². The molecule has 0 saturated carbocycles. The van der Waals surface area contributed by atoms with E-state index in [0.717, 1.165) is 12.0 Å². The Bertz CT molecular complexity index is 936. The fourth-order valence-corrected chi connectivity index (χ4v) is 4.27. The summed E-state index contributed by atoms with van der Waals surface area (Å²) in [5, 5.41) is 14.4. The van der Waals surface area contributed by atoms with Gasteiger partial charge in [0.1, 0.15) is 6.04 Å². The number of nitrogens with one attached hydrogen (secondary N) is 1. The molecule has 0 bridgehead atoms. The third-order valence-electron chi connectivity index (χ3n) is 4.75. The summed E-state index contributed by atoms with van der Waals surface area (Å²) in [6.07, 6.45) is 0.786. The molecule has 0 fully saturated rings. The van der Waals surface area contributed by atoms with Gasteiger partial charge in [-0.2, -0.15) is 0 Å². The van der Waals surface area contributed by atoms with Crippen LogP contribution in [0.1, 0.15) is 31.4 Å². The Morgan fingerprint density at radius 3 is 2.34 bits per heavy atom. The zero-order valence-electron chi connectivity index (χ0n) is 17.8. The lowest BCUT2D eigenvalue weighted by molar-refractivity contribution is -0.384. The normalized spacial score (nSPS) is 11.6. The third-order valence-corrected chi connectivity index (χ3v) is 6.44. The molecule has 1 atom stereocenters. The molecule has 2 rings (SSSR count). The Morgan fingerprint density at radius 2 is 1.78 bits per heavy atom. The average molecular weight is 498 g/mol. The van der Waals surface area contributed by atoms with Gasteiger partial charge in [0.15, 0.2) is 0 Å². The van der Waals surface area contributed by atoms with Gasteiger partial charge >= 0.3 is 0 Å². The molecular weight excluding hydrogens is 473 g/mol. The number of nitrogens with zero attached hydrogens (tertiary/aromatic N) is 2. The summed E-state index contributed by atoms with van der Waals surface area (Å²) in [6.45, 7) is 4.25. The van der Waals surface area contributed by atoms with Gasteiger partial charge in [0, 0.05) is 46.6 Å². The Morgan fingerprint density at radius 1 is 1.16 bits per heavy atom. The van der Waals surface area contributed by atoms with Crippen molar-refractivity contribution in [2.45, 2.75) is 38.6 Å². The van der Waals surface area contributed by atoms with Gasteiger partial charge in [-0.15, -0.1) is 11.8 Å². The molecule has 0 radical (unpaired) electrons. The summed E-state index contributed by atoms with van der Waals surface area (Å²) in [5.41, 5.74) is 1.46. The van der Waals surface area contributed by atoms with Crippen molar-refractivity contribution in [1.29, 1.82) is 0 Å². The number of benzene rings is 2. The molecule has 0 saturated heterocycles. The quantitative estimate of drug-likeness (QED) is 0.345. The van der Waals surface area contributed by atoms with Gasteiger partial charge < -0.3 is 10.2 Å². The maximum atomic E-state index is 13.1. The SMILES string of the molecule is CCCNC(=O)C(C)N(Cc1c(Cl)cccc1Cl)C(=O)CSCc1ccc([N+](=O)[O-])cc1. The Balaban J connectivity index is 2.10. The van der Waals surface area contributed by atoms with E-state index in [0.29, 0.717) is 27.9 Å². The Hall–Kier alpha value is -2.29. The molecule has 0 aromatic heterocycles. The summed E-state index contributed by atoms with van der Waals surface area (Å²) < 4.78 is 0. The smallest absolute Gasteiger partial charge is 0.269 e. The minimum absolute atomic E-state index is 0.0181. The van der Waals surface area contributed by atoms with Crippen LogP contribution in [0.5, 0.6) is 0 Å². The second-order valence-corrected chi connectivity index (χ2v) is 8.91. The van der Waals surface area contributed by atoms with Crippen LogP contribution in [0, 0.1) is 10.1 Å². The second-order valence-electron chi connectivity index (χ2n) is 7.11. The van der Waals surface area contributed by atoms with Gasteiger partial charge in [-0.3, -0.25) is 19.7 Å². The number of thioether (sulfide) groups is 1. The molecule has 10 heteroatoms. The highest BCUT2D eigenvalue weighted by atomic mass is 35.5. The molecule has 2 aromatic rings. The van der Waals surface area contributed by atoms with Crippen molar-refractivity contribution in [3.63, 3.8) is 0 Å². The summed E-state index contributed by atoms with van der Waals surface area (Å²) in [6, 6.07) is 10.6. The van der Waals surface area contributed by atoms with Crippen molar-refractivity contribution in [2.24, 2.45) is 0 Å². The molecule has 2 amide bonds. The maximum Gasteiger partial charge on any atom is 0.269 e. The average Bonchev–Trinajstić information content (AvgIpc) is 2.77. The largest absolute Gasteiger partial charge is 0.354 e. The van der Waals surface area contributed by atoms with Crippen LogP contribution < -0.4 is 5.32 Å². The zero-order valence-corrected chi connectivity index (χ0v) is 20.2. The predicted molar refractivity (Wildman–Crippen MR) is 129 cm³/mol. The van der Waals surface area contributed by atoms with E-state index in [1.807, 2.05) is 6.92 Å². The summed E-state index contributed by atoms with van der Waals surface area (Å²) >= 11 is 13.9. The molecule has 1 unspecified atom stereocenters. The van der Waals surface area contributed by atoms with Crippen molar-refractivity contribution < 1.29 is 14.5 Å². The van der Waals surface area contributed by atoms with Crippen LogP contribution in [0.15, 0.2) is 42.5 Å². The third kappa shape index (κ3) is 7.39. The first-order chi connectivity index (χ1) is 15.2. The minimum Gasteiger partial charge on any atom is -0.354 e.